The Morgan fingerprint density at radius 3 is 2.69 bits per heavy atom. The number of carboxylic acid groups (broad SMARTS) is 1. The molecule has 3 heterocycles. The molecule has 0 bridgehead atoms. The van der Waals surface area contributed by atoms with E-state index < -0.39 is 5.97 Å². The van der Waals surface area contributed by atoms with Gasteiger partial charge in [-0.2, -0.15) is 4.98 Å². The molecule has 0 amide bonds. The van der Waals surface area contributed by atoms with Gasteiger partial charge in [0.25, 0.3) is 0 Å². The summed E-state index contributed by atoms with van der Waals surface area (Å²) in [5.74, 6) is 1.55. The molecule has 0 radical (unpaired) electrons. The van der Waals surface area contributed by atoms with Crippen molar-refractivity contribution in [3.63, 3.8) is 0 Å². The average Bonchev–Trinajstić information content (AvgIpc) is 3.23. The molecule has 2 aliphatic rings. The van der Waals surface area contributed by atoms with Crippen LogP contribution in [0.1, 0.15) is 69.6 Å². The zero-order valence-electron chi connectivity index (χ0n) is 19.2. The fourth-order valence-corrected chi connectivity index (χ4v) is 4.85. The Morgan fingerprint density at radius 1 is 1.25 bits per heavy atom. The highest BCUT2D eigenvalue weighted by Gasteiger charge is 2.29. The molecule has 8 nitrogen and oxygen atoms in total. The number of anilines is 1. The summed E-state index contributed by atoms with van der Waals surface area (Å²) >= 11 is 0. The lowest BCUT2D eigenvalue weighted by Gasteiger charge is -2.43. The average molecular weight is 442 g/mol. The van der Waals surface area contributed by atoms with Crippen LogP contribution >= 0.6 is 0 Å². The number of hydrogen-bond acceptors (Lipinski definition) is 7. The molecule has 1 N–H and O–H groups in total. The Morgan fingerprint density at radius 2 is 2.03 bits per heavy atom. The molecule has 2 aromatic heterocycles. The molecule has 32 heavy (non-hydrogen) atoms. The lowest BCUT2D eigenvalue weighted by atomic mass is 9.84. The largest absolute Gasteiger partial charge is 0.481 e. The van der Waals surface area contributed by atoms with Crippen molar-refractivity contribution in [1.82, 2.24) is 20.0 Å². The second-order valence-corrected chi connectivity index (χ2v) is 9.61. The molecule has 2 fully saturated rings. The van der Waals surface area contributed by atoms with Crippen LogP contribution in [0.25, 0.3) is 11.4 Å². The monoisotopic (exact) mass is 441 g/mol. The van der Waals surface area contributed by atoms with E-state index in [4.69, 9.17) is 4.52 Å². The maximum atomic E-state index is 11.4. The van der Waals surface area contributed by atoms with E-state index in [1.54, 1.807) is 6.20 Å². The van der Waals surface area contributed by atoms with Crippen molar-refractivity contribution >= 4 is 11.8 Å². The lowest BCUT2D eigenvalue weighted by molar-refractivity contribution is -0.137. The predicted octanol–water partition coefficient (Wildman–Crippen LogP) is 4.19. The molecular weight excluding hydrogens is 406 g/mol. The van der Waals surface area contributed by atoms with E-state index in [9.17, 15) is 9.90 Å². The summed E-state index contributed by atoms with van der Waals surface area (Å²) in [5, 5.41) is 13.5. The summed E-state index contributed by atoms with van der Waals surface area (Å²) in [6.07, 6.45) is 11.3. The summed E-state index contributed by atoms with van der Waals surface area (Å²) in [6, 6.07) is 4.51. The van der Waals surface area contributed by atoms with Gasteiger partial charge in [0.05, 0.1) is 6.42 Å². The van der Waals surface area contributed by atoms with E-state index in [-0.39, 0.29) is 12.3 Å². The van der Waals surface area contributed by atoms with Crippen LogP contribution in [0.2, 0.25) is 0 Å². The number of hydrogen-bond donors (Lipinski definition) is 1. The van der Waals surface area contributed by atoms with Crippen molar-refractivity contribution < 1.29 is 14.4 Å². The minimum atomic E-state index is -0.830. The maximum absolute atomic E-state index is 11.4. The molecule has 8 heteroatoms. The van der Waals surface area contributed by atoms with Crippen molar-refractivity contribution in [2.75, 3.05) is 32.1 Å². The topological polar surface area (TPSA) is 95.6 Å². The number of aliphatic carboxylic acids is 1. The number of likely N-dealkylation sites (N-methyl/N-ethyl adjacent to an activating group) is 1. The first-order valence-electron chi connectivity index (χ1n) is 11.9. The highest BCUT2D eigenvalue weighted by molar-refractivity contribution is 5.67. The predicted molar refractivity (Wildman–Crippen MR) is 123 cm³/mol. The third kappa shape index (κ3) is 5.65. The normalized spacial score (nSPS) is 18.7. The molecule has 174 valence electrons. The van der Waals surface area contributed by atoms with Crippen LogP contribution in [0.15, 0.2) is 22.9 Å². The van der Waals surface area contributed by atoms with Gasteiger partial charge in [-0.25, -0.2) is 4.98 Å². The standard InChI is InChI=1S/C24H35N5O3/c1-28(2)20-15-29(16-20)21-12-11-19(14-25-21)23-26-24(32-27-23)18(13-22(30)31)10-6-9-17-7-4-3-5-8-17/h11-12,14,17-18,20H,3-10,13,15-16H2,1-2H3,(H,30,31). The first kappa shape index (κ1) is 22.7. The zero-order valence-corrected chi connectivity index (χ0v) is 19.2. The third-order valence-corrected chi connectivity index (χ3v) is 7.02. The molecule has 1 saturated heterocycles. The van der Waals surface area contributed by atoms with Gasteiger partial charge in [0.1, 0.15) is 5.82 Å². The molecule has 1 saturated carbocycles. The van der Waals surface area contributed by atoms with E-state index in [1.807, 2.05) is 12.1 Å². The Balaban J connectivity index is 1.36. The van der Waals surface area contributed by atoms with Crippen LogP contribution in [0.3, 0.4) is 0 Å². The van der Waals surface area contributed by atoms with Crippen molar-refractivity contribution in [3.8, 4) is 11.4 Å². The van der Waals surface area contributed by atoms with Crippen LogP contribution in [0.4, 0.5) is 5.82 Å². The van der Waals surface area contributed by atoms with Gasteiger partial charge in [-0.05, 0) is 38.6 Å². The number of nitrogens with zero attached hydrogens (tertiary/aromatic N) is 5. The second kappa shape index (κ2) is 10.4. The summed E-state index contributed by atoms with van der Waals surface area (Å²) in [6.45, 7) is 1.95. The van der Waals surface area contributed by atoms with Gasteiger partial charge >= 0.3 is 5.97 Å². The molecule has 0 spiro atoms. The minimum absolute atomic E-state index is 0.0193. The van der Waals surface area contributed by atoms with Gasteiger partial charge in [-0.15, -0.1) is 0 Å². The summed E-state index contributed by atoms with van der Waals surface area (Å²) in [7, 11) is 4.19. The van der Waals surface area contributed by atoms with Gasteiger partial charge in [0.15, 0.2) is 0 Å². The second-order valence-electron chi connectivity index (χ2n) is 9.61. The van der Waals surface area contributed by atoms with Crippen LogP contribution < -0.4 is 4.90 Å². The lowest BCUT2D eigenvalue weighted by Crippen LogP contribution is -2.57. The van der Waals surface area contributed by atoms with Crippen molar-refractivity contribution in [3.05, 3.63) is 24.2 Å². The number of aromatic nitrogens is 3. The van der Waals surface area contributed by atoms with E-state index >= 15 is 0 Å². The Hall–Kier alpha value is -2.48. The van der Waals surface area contributed by atoms with Gasteiger partial charge in [0.2, 0.25) is 11.7 Å². The van der Waals surface area contributed by atoms with Crippen LogP contribution in [0.5, 0.6) is 0 Å². The molecule has 1 atom stereocenters. The minimum Gasteiger partial charge on any atom is -0.481 e. The first-order chi connectivity index (χ1) is 15.5. The highest BCUT2D eigenvalue weighted by atomic mass is 16.5. The van der Waals surface area contributed by atoms with Crippen molar-refractivity contribution in [1.29, 1.82) is 0 Å². The molecule has 1 aliphatic heterocycles. The van der Waals surface area contributed by atoms with Crippen LogP contribution in [0, 0.1) is 5.92 Å². The first-order valence-corrected chi connectivity index (χ1v) is 11.9. The summed E-state index contributed by atoms with van der Waals surface area (Å²) in [5.41, 5.74) is 0.782. The summed E-state index contributed by atoms with van der Waals surface area (Å²) < 4.78 is 5.51. The van der Waals surface area contributed by atoms with Crippen LogP contribution in [-0.4, -0.2) is 64.3 Å². The van der Waals surface area contributed by atoms with Gasteiger partial charge in [0, 0.05) is 36.8 Å². The SMILES string of the molecule is CN(C)C1CN(c2ccc(-c3noc(C(CCCC4CCCCC4)CC(=O)O)n3)cn2)C1. The highest BCUT2D eigenvalue weighted by Crippen LogP contribution is 2.32. The Kier molecular flexibility index (Phi) is 7.40. The molecule has 4 rings (SSSR count). The fourth-order valence-electron chi connectivity index (χ4n) is 4.85. The fraction of sp³-hybridized carbons (Fsp3) is 0.667. The van der Waals surface area contributed by atoms with E-state index in [2.05, 4.69) is 39.0 Å². The smallest absolute Gasteiger partial charge is 0.304 e. The molecule has 1 aliphatic carbocycles. The molecule has 2 aromatic rings. The third-order valence-electron chi connectivity index (χ3n) is 7.02. The maximum Gasteiger partial charge on any atom is 0.304 e. The molecular formula is C24H35N5O3. The Labute approximate surface area is 190 Å². The molecule has 1 unspecified atom stereocenters. The number of pyridine rings is 1. The Bertz CT molecular complexity index is 870. The van der Waals surface area contributed by atoms with E-state index in [0.717, 1.165) is 49.7 Å². The molecule has 0 aromatic carbocycles. The van der Waals surface area contributed by atoms with Gasteiger partial charge < -0.3 is 19.4 Å². The summed E-state index contributed by atoms with van der Waals surface area (Å²) in [4.78, 5) is 25.0. The number of carboxylic acids is 1. The van der Waals surface area contributed by atoms with Gasteiger partial charge in [-0.1, -0.05) is 50.1 Å². The number of carbonyl (C=O) groups is 1. The van der Waals surface area contributed by atoms with Crippen molar-refractivity contribution in [2.45, 2.75) is 69.7 Å². The van der Waals surface area contributed by atoms with Crippen molar-refractivity contribution in [2.24, 2.45) is 5.92 Å². The quantitative estimate of drug-likeness (QED) is 0.586. The van der Waals surface area contributed by atoms with Gasteiger partial charge in [-0.3, -0.25) is 4.79 Å². The zero-order chi connectivity index (χ0) is 22.5. The van der Waals surface area contributed by atoms with E-state index in [0.29, 0.717) is 17.8 Å². The number of rotatable bonds is 10. The van der Waals surface area contributed by atoms with Crippen LogP contribution in [-0.2, 0) is 4.79 Å². The van der Waals surface area contributed by atoms with E-state index in [1.165, 1.54) is 32.1 Å².